The molecule has 0 aromatic heterocycles. The van der Waals surface area contributed by atoms with Gasteiger partial charge in [0.2, 0.25) is 0 Å². The number of nitrogens with one attached hydrogen (secondary N) is 1. The van der Waals surface area contributed by atoms with Crippen LogP contribution in [0.15, 0.2) is 24.3 Å². The number of nitrogens with zero attached hydrogens (tertiary/aromatic N) is 1. The Bertz CT molecular complexity index is 1250. The van der Waals surface area contributed by atoms with Crippen LogP contribution in [0.25, 0.3) is 0 Å². The highest BCUT2D eigenvalue weighted by atomic mass is 16.7. The van der Waals surface area contributed by atoms with Crippen molar-refractivity contribution in [3.63, 3.8) is 0 Å². The van der Waals surface area contributed by atoms with Crippen LogP contribution in [0.5, 0.6) is 0 Å². The fourth-order valence-corrected chi connectivity index (χ4v) is 7.33. The third kappa shape index (κ3) is 33.6. The minimum Gasteiger partial charge on any atom is -0.467 e. The molecule has 1 aliphatic heterocycles. The maximum absolute atomic E-state index is 13.3. The summed E-state index contributed by atoms with van der Waals surface area (Å²) in [7, 11) is 0. The maximum Gasteiger partial charge on any atom is 0.407 e. The minimum absolute atomic E-state index is 0.0148. The second-order valence-corrected chi connectivity index (χ2v) is 17.4. The van der Waals surface area contributed by atoms with Crippen LogP contribution in [0.2, 0.25) is 0 Å². The molecule has 376 valence electrons. The summed E-state index contributed by atoms with van der Waals surface area (Å²) in [5.41, 5.74) is -1.37. The number of hydrogen-bond acceptors (Lipinski definition) is 13. The monoisotopic (exact) mass is 923 g/mol. The van der Waals surface area contributed by atoms with Crippen LogP contribution >= 0.6 is 0 Å². The highest BCUT2D eigenvalue weighted by Gasteiger charge is 2.37. The number of unbranched alkanes of at least 4 members (excludes halogenated alkanes) is 10. The molecular weight excluding hydrogens is 833 g/mol. The molecule has 0 saturated carbocycles. The first-order valence-electron chi connectivity index (χ1n) is 25.4. The lowest BCUT2D eigenvalue weighted by Gasteiger charge is -2.31. The van der Waals surface area contributed by atoms with Crippen LogP contribution in [0, 0.1) is 11.3 Å². The third-order valence-electron chi connectivity index (χ3n) is 11.4. The molecule has 0 spiro atoms. The number of allylic oxidation sites excluding steroid dienone is 4. The van der Waals surface area contributed by atoms with E-state index in [2.05, 4.69) is 62.2 Å². The average molecular weight is 923 g/mol. The average Bonchev–Trinajstić information content (AvgIpc) is 3.83. The highest BCUT2D eigenvalue weighted by molar-refractivity contribution is 5.72. The van der Waals surface area contributed by atoms with Crippen LogP contribution < -0.4 is 5.32 Å². The smallest absolute Gasteiger partial charge is 0.407 e. The van der Waals surface area contributed by atoms with Gasteiger partial charge in [-0.25, -0.2) is 4.79 Å². The summed E-state index contributed by atoms with van der Waals surface area (Å²) in [6.07, 6.45) is 27.7. The molecule has 14 nitrogen and oxygen atoms in total. The van der Waals surface area contributed by atoms with Crippen molar-refractivity contribution in [2.75, 3.05) is 72.4 Å². The number of alkyl carbamates (subject to hydrolysis) is 1. The van der Waals surface area contributed by atoms with E-state index in [1.165, 1.54) is 6.42 Å². The Labute approximate surface area is 393 Å². The van der Waals surface area contributed by atoms with E-state index >= 15 is 0 Å². The summed E-state index contributed by atoms with van der Waals surface area (Å²) >= 11 is 0. The molecule has 1 rings (SSSR count). The molecule has 0 aliphatic carbocycles. The summed E-state index contributed by atoms with van der Waals surface area (Å²) in [4.78, 5) is 65.6. The number of likely N-dealkylation sites (tertiary alicyclic amines) is 1. The minimum atomic E-state index is -1.37. The van der Waals surface area contributed by atoms with E-state index in [0.717, 1.165) is 122 Å². The standard InChI is InChI=1S/C51H90N2O12/c1-5-9-13-16-18-25-37-60-48(61-38-26-19-17-14-10-6-2)32-31-47(56)64-42-51(40-59-44-54,43-65-50(58)52-33-36-53-34-23-24-35-53)41-63-46(55)30-22-20-27-39-62-49(57)45(28-12-8-4)29-21-15-11-7-3/h9-10,13-14,44-45,48H,5-8,11-12,15-43H2,1-4H3,(H,52,58)/b13-9-,14-10-. The zero-order chi connectivity index (χ0) is 47.5. The van der Waals surface area contributed by atoms with E-state index in [9.17, 15) is 24.0 Å². The molecule has 1 amide bonds. The zero-order valence-electron chi connectivity index (χ0n) is 41.1. The fourth-order valence-electron chi connectivity index (χ4n) is 7.33. The van der Waals surface area contributed by atoms with Gasteiger partial charge in [-0.15, -0.1) is 0 Å². The highest BCUT2D eigenvalue weighted by Crippen LogP contribution is 2.23. The third-order valence-corrected chi connectivity index (χ3v) is 11.4. The van der Waals surface area contributed by atoms with E-state index in [-0.39, 0.29) is 64.0 Å². The van der Waals surface area contributed by atoms with Crippen LogP contribution in [0.4, 0.5) is 4.79 Å². The van der Waals surface area contributed by atoms with Crippen molar-refractivity contribution in [2.45, 2.75) is 188 Å². The van der Waals surface area contributed by atoms with Gasteiger partial charge in [0.25, 0.3) is 6.47 Å². The molecule has 0 aromatic carbocycles. The van der Waals surface area contributed by atoms with Crippen molar-refractivity contribution >= 4 is 30.5 Å². The normalized spacial score (nSPS) is 14.4. The second-order valence-electron chi connectivity index (χ2n) is 17.4. The van der Waals surface area contributed by atoms with Crippen molar-refractivity contribution in [3.8, 4) is 0 Å². The molecule has 0 bridgehead atoms. The summed E-state index contributed by atoms with van der Waals surface area (Å²) < 4.78 is 39.9. The molecule has 0 radical (unpaired) electrons. The van der Waals surface area contributed by atoms with Gasteiger partial charge in [-0.3, -0.25) is 19.2 Å². The van der Waals surface area contributed by atoms with E-state index in [0.29, 0.717) is 52.2 Å². The molecule has 2 unspecified atom stereocenters. The summed E-state index contributed by atoms with van der Waals surface area (Å²) in [5, 5.41) is 2.75. The number of carbonyl (C=O) groups is 5. The predicted molar refractivity (Wildman–Crippen MR) is 254 cm³/mol. The molecule has 14 heteroatoms. The number of ether oxygens (including phenoxy) is 7. The molecule has 0 aromatic rings. The largest absolute Gasteiger partial charge is 0.467 e. The Morgan fingerprint density at radius 3 is 1.80 bits per heavy atom. The number of hydrogen-bond donors (Lipinski definition) is 1. The van der Waals surface area contributed by atoms with Gasteiger partial charge in [-0.05, 0) is 109 Å². The van der Waals surface area contributed by atoms with Crippen molar-refractivity contribution in [1.82, 2.24) is 10.2 Å². The van der Waals surface area contributed by atoms with Crippen molar-refractivity contribution < 1.29 is 57.1 Å². The Morgan fingerprint density at radius 2 is 1.18 bits per heavy atom. The molecule has 2 atom stereocenters. The first-order chi connectivity index (χ1) is 31.7. The van der Waals surface area contributed by atoms with Crippen LogP contribution in [-0.2, 0) is 52.3 Å². The Morgan fingerprint density at radius 1 is 0.600 bits per heavy atom. The van der Waals surface area contributed by atoms with E-state index in [4.69, 9.17) is 33.2 Å². The molecule has 65 heavy (non-hydrogen) atoms. The van der Waals surface area contributed by atoms with E-state index < -0.39 is 29.7 Å². The van der Waals surface area contributed by atoms with Gasteiger partial charge in [0.05, 0.1) is 18.9 Å². The van der Waals surface area contributed by atoms with Gasteiger partial charge in [-0.2, -0.15) is 0 Å². The molecule has 1 N–H and O–H groups in total. The lowest BCUT2D eigenvalue weighted by atomic mass is 9.92. The lowest BCUT2D eigenvalue weighted by Crippen LogP contribution is -2.44. The first-order valence-corrected chi connectivity index (χ1v) is 25.4. The molecule has 1 aliphatic rings. The number of rotatable bonds is 44. The SMILES string of the molecule is CC/C=C\CCCCOC(CCC(=O)OCC(COC=O)(COC(=O)CCCCCOC(=O)C(CCCC)CCCCCC)COC(=O)NCCN1CCCC1)OCCCC/C=C\CC. The first kappa shape index (κ1) is 59.5. The van der Waals surface area contributed by atoms with Gasteiger partial charge in [-0.1, -0.05) is 90.5 Å². The Balaban J connectivity index is 2.84. The zero-order valence-corrected chi connectivity index (χ0v) is 41.1. The molecule has 1 heterocycles. The second kappa shape index (κ2) is 41.9. The van der Waals surface area contributed by atoms with Crippen LogP contribution in [-0.4, -0.2) is 114 Å². The number of amides is 1. The number of carbonyl (C=O) groups excluding carboxylic acids is 5. The van der Waals surface area contributed by atoms with E-state index in [1.54, 1.807) is 0 Å². The fraction of sp³-hybridized carbons (Fsp3) is 0.824. The summed E-state index contributed by atoms with van der Waals surface area (Å²) in [6, 6.07) is 0. The van der Waals surface area contributed by atoms with Crippen molar-refractivity contribution in [3.05, 3.63) is 24.3 Å². The van der Waals surface area contributed by atoms with Gasteiger partial charge < -0.3 is 43.4 Å². The predicted octanol–water partition coefficient (Wildman–Crippen LogP) is 10.3. The summed E-state index contributed by atoms with van der Waals surface area (Å²) in [6.45, 7) is 11.7. The Hall–Kier alpha value is -3.49. The van der Waals surface area contributed by atoms with Crippen LogP contribution in [0.3, 0.4) is 0 Å². The topological polar surface area (TPSA) is 165 Å². The molecule has 1 saturated heterocycles. The number of esters is 3. The Kier molecular flexibility index (Phi) is 38.4. The van der Waals surface area contributed by atoms with Gasteiger partial charge >= 0.3 is 24.0 Å². The quantitative estimate of drug-likeness (QED) is 0.0153. The van der Waals surface area contributed by atoms with Gasteiger partial charge in [0.15, 0.2) is 6.29 Å². The maximum atomic E-state index is 13.3. The van der Waals surface area contributed by atoms with Gasteiger partial charge in [0, 0.05) is 39.1 Å². The lowest BCUT2D eigenvalue weighted by molar-refractivity contribution is -0.167. The van der Waals surface area contributed by atoms with Crippen molar-refractivity contribution in [2.24, 2.45) is 11.3 Å². The molecule has 1 fully saturated rings. The van der Waals surface area contributed by atoms with Gasteiger partial charge in [0.1, 0.15) is 31.8 Å². The molecular formula is C51H90N2O12. The summed E-state index contributed by atoms with van der Waals surface area (Å²) in [5.74, 6) is -1.26. The van der Waals surface area contributed by atoms with E-state index in [1.807, 2.05) is 0 Å². The van der Waals surface area contributed by atoms with Crippen molar-refractivity contribution in [1.29, 1.82) is 0 Å². The van der Waals surface area contributed by atoms with Crippen LogP contribution in [0.1, 0.15) is 182 Å².